The molecule has 1 aliphatic carbocycles. The molecule has 26 heavy (non-hydrogen) atoms. The van der Waals surface area contributed by atoms with Crippen LogP contribution in [0.5, 0.6) is 5.75 Å². The van der Waals surface area contributed by atoms with Crippen molar-refractivity contribution in [1.29, 1.82) is 0 Å². The molecule has 6 heteroatoms. The first-order valence-corrected chi connectivity index (χ1v) is 8.90. The number of aromatic nitrogens is 2. The summed E-state index contributed by atoms with van der Waals surface area (Å²) in [4.78, 5) is 17.2. The van der Waals surface area contributed by atoms with E-state index in [1.807, 2.05) is 26.0 Å². The molecular formula is C20H22ClN3O2. The number of hydrogen-bond donors (Lipinski definition) is 1. The lowest BCUT2D eigenvalue weighted by molar-refractivity contribution is 0.401. The standard InChI is InChI=1S/C20H22ClN3O2/c1-13-10-17(14(2)9-16(13)21)23-20-22-11-18(26-3)19(25)24(20)12-15-7-5-4-6-8-15/h5,7-11H,4,6,12H2,1-3H3,(H,22,23). The predicted molar refractivity (Wildman–Crippen MR) is 106 cm³/mol. The fourth-order valence-corrected chi connectivity index (χ4v) is 3.08. The number of hydrogen-bond acceptors (Lipinski definition) is 4. The molecule has 136 valence electrons. The molecular weight excluding hydrogens is 350 g/mol. The van der Waals surface area contributed by atoms with Gasteiger partial charge in [-0.15, -0.1) is 0 Å². The number of nitrogens with one attached hydrogen (secondary N) is 1. The van der Waals surface area contributed by atoms with E-state index in [0.717, 1.165) is 35.2 Å². The highest BCUT2D eigenvalue weighted by molar-refractivity contribution is 6.31. The second kappa shape index (κ2) is 7.79. The SMILES string of the molecule is COc1cnc(Nc2cc(C)c(Cl)cc2C)n(CC2=CCCC=C2)c1=O. The fraction of sp³-hybridized carbons (Fsp3) is 0.300. The lowest BCUT2D eigenvalue weighted by Gasteiger charge is -2.17. The summed E-state index contributed by atoms with van der Waals surface area (Å²) in [6.45, 7) is 4.35. The summed E-state index contributed by atoms with van der Waals surface area (Å²) in [5.74, 6) is 0.695. The molecule has 5 nitrogen and oxygen atoms in total. The molecule has 0 saturated heterocycles. The van der Waals surface area contributed by atoms with Crippen LogP contribution in [0.25, 0.3) is 0 Å². The van der Waals surface area contributed by atoms with Crippen LogP contribution in [0.3, 0.4) is 0 Å². The molecule has 1 aromatic heterocycles. The average Bonchev–Trinajstić information content (AvgIpc) is 2.63. The summed E-state index contributed by atoms with van der Waals surface area (Å²) in [6, 6.07) is 3.86. The minimum Gasteiger partial charge on any atom is -0.490 e. The third-order valence-corrected chi connectivity index (χ3v) is 4.81. The quantitative estimate of drug-likeness (QED) is 0.838. The van der Waals surface area contributed by atoms with E-state index in [4.69, 9.17) is 16.3 Å². The number of allylic oxidation sites excluding steroid dienone is 4. The smallest absolute Gasteiger partial charge is 0.297 e. The number of halogens is 1. The van der Waals surface area contributed by atoms with Gasteiger partial charge in [-0.1, -0.05) is 29.8 Å². The van der Waals surface area contributed by atoms with Crippen molar-refractivity contribution in [3.05, 3.63) is 68.6 Å². The van der Waals surface area contributed by atoms with Gasteiger partial charge in [-0.05, 0) is 55.5 Å². The minimum absolute atomic E-state index is 0.215. The van der Waals surface area contributed by atoms with Crippen LogP contribution in [0.15, 0.2) is 46.9 Å². The highest BCUT2D eigenvalue weighted by Crippen LogP contribution is 2.26. The fourth-order valence-electron chi connectivity index (χ4n) is 2.86. The van der Waals surface area contributed by atoms with Crippen LogP contribution >= 0.6 is 11.6 Å². The van der Waals surface area contributed by atoms with Crippen LogP contribution in [-0.4, -0.2) is 16.7 Å². The Kier molecular flexibility index (Phi) is 5.47. The number of aryl methyl sites for hydroxylation is 2. The van der Waals surface area contributed by atoms with Crippen LogP contribution in [0.1, 0.15) is 24.0 Å². The third-order valence-electron chi connectivity index (χ3n) is 4.40. The van der Waals surface area contributed by atoms with Gasteiger partial charge >= 0.3 is 0 Å². The molecule has 0 bridgehead atoms. The van der Waals surface area contributed by atoms with Gasteiger partial charge < -0.3 is 10.1 Å². The van der Waals surface area contributed by atoms with Gasteiger partial charge in [0.15, 0.2) is 0 Å². The normalized spacial score (nSPS) is 13.5. The van der Waals surface area contributed by atoms with Gasteiger partial charge in [0.1, 0.15) is 0 Å². The zero-order valence-corrected chi connectivity index (χ0v) is 15.9. The average molecular weight is 372 g/mol. The number of nitrogens with zero attached hydrogens (tertiary/aromatic N) is 2. The summed E-state index contributed by atoms with van der Waals surface area (Å²) in [7, 11) is 1.47. The molecule has 0 unspecified atom stereocenters. The van der Waals surface area contributed by atoms with E-state index in [1.165, 1.54) is 13.3 Å². The van der Waals surface area contributed by atoms with Crippen molar-refractivity contribution in [2.75, 3.05) is 12.4 Å². The number of anilines is 2. The van der Waals surface area contributed by atoms with Crippen LogP contribution in [0.4, 0.5) is 11.6 Å². The van der Waals surface area contributed by atoms with E-state index >= 15 is 0 Å². The van der Waals surface area contributed by atoms with E-state index in [-0.39, 0.29) is 11.3 Å². The number of rotatable bonds is 5. The van der Waals surface area contributed by atoms with E-state index in [2.05, 4.69) is 28.5 Å². The number of ether oxygens (including phenoxy) is 1. The Morgan fingerprint density at radius 1 is 1.27 bits per heavy atom. The Labute approximate surface area is 158 Å². The van der Waals surface area contributed by atoms with E-state index in [0.29, 0.717) is 17.5 Å². The Morgan fingerprint density at radius 3 is 2.77 bits per heavy atom. The molecule has 3 rings (SSSR count). The minimum atomic E-state index is -0.215. The Bertz CT molecular complexity index is 945. The summed E-state index contributed by atoms with van der Waals surface area (Å²) < 4.78 is 6.76. The van der Waals surface area contributed by atoms with Gasteiger partial charge in [0, 0.05) is 10.7 Å². The maximum Gasteiger partial charge on any atom is 0.297 e. The van der Waals surface area contributed by atoms with Crippen molar-refractivity contribution in [2.45, 2.75) is 33.2 Å². The zero-order chi connectivity index (χ0) is 18.7. The maximum absolute atomic E-state index is 12.8. The van der Waals surface area contributed by atoms with Crippen molar-refractivity contribution >= 4 is 23.2 Å². The molecule has 0 aliphatic heterocycles. The topological polar surface area (TPSA) is 56.1 Å². The summed E-state index contributed by atoms with van der Waals surface area (Å²) in [5.41, 5.74) is 3.67. The van der Waals surface area contributed by atoms with Crippen molar-refractivity contribution in [2.24, 2.45) is 0 Å². The molecule has 1 heterocycles. The van der Waals surface area contributed by atoms with Crippen molar-refractivity contribution in [1.82, 2.24) is 9.55 Å². The molecule has 1 aliphatic rings. The summed E-state index contributed by atoms with van der Waals surface area (Å²) >= 11 is 6.18. The van der Waals surface area contributed by atoms with E-state index in [1.54, 1.807) is 4.57 Å². The molecule has 0 spiro atoms. The molecule has 2 aromatic rings. The molecule has 0 atom stereocenters. The monoisotopic (exact) mass is 371 g/mol. The zero-order valence-electron chi connectivity index (χ0n) is 15.2. The lowest BCUT2D eigenvalue weighted by atomic mass is 10.1. The van der Waals surface area contributed by atoms with Crippen LogP contribution in [-0.2, 0) is 6.54 Å². The van der Waals surface area contributed by atoms with Gasteiger partial charge in [-0.3, -0.25) is 9.36 Å². The van der Waals surface area contributed by atoms with Gasteiger partial charge in [0.2, 0.25) is 11.7 Å². The second-order valence-corrected chi connectivity index (χ2v) is 6.75. The molecule has 1 N–H and O–H groups in total. The lowest BCUT2D eigenvalue weighted by Crippen LogP contribution is -2.25. The third kappa shape index (κ3) is 3.83. The largest absolute Gasteiger partial charge is 0.490 e. The summed E-state index contributed by atoms with van der Waals surface area (Å²) in [6.07, 6.45) is 9.78. The van der Waals surface area contributed by atoms with Crippen molar-refractivity contribution < 1.29 is 4.74 Å². The predicted octanol–water partition coefficient (Wildman–Crippen LogP) is 4.54. The van der Waals surface area contributed by atoms with Crippen LogP contribution in [0.2, 0.25) is 5.02 Å². The van der Waals surface area contributed by atoms with Crippen molar-refractivity contribution in [3.63, 3.8) is 0 Å². The number of benzene rings is 1. The van der Waals surface area contributed by atoms with Gasteiger partial charge in [0.05, 0.1) is 19.9 Å². The Morgan fingerprint density at radius 2 is 2.08 bits per heavy atom. The maximum atomic E-state index is 12.8. The molecule has 0 radical (unpaired) electrons. The van der Waals surface area contributed by atoms with E-state index < -0.39 is 0 Å². The van der Waals surface area contributed by atoms with Crippen LogP contribution in [0, 0.1) is 13.8 Å². The first-order chi connectivity index (χ1) is 12.5. The second-order valence-electron chi connectivity index (χ2n) is 6.34. The first kappa shape index (κ1) is 18.3. The highest BCUT2D eigenvalue weighted by atomic mass is 35.5. The number of methoxy groups -OCH3 is 1. The molecule has 0 amide bonds. The van der Waals surface area contributed by atoms with Gasteiger partial charge in [-0.25, -0.2) is 4.98 Å². The molecule has 0 saturated carbocycles. The summed E-state index contributed by atoms with van der Waals surface area (Å²) in [5, 5.41) is 3.99. The Balaban J connectivity index is 2.02. The van der Waals surface area contributed by atoms with E-state index in [9.17, 15) is 4.79 Å². The van der Waals surface area contributed by atoms with Crippen molar-refractivity contribution in [3.8, 4) is 5.75 Å². The first-order valence-electron chi connectivity index (χ1n) is 8.52. The molecule has 0 fully saturated rings. The Hall–Kier alpha value is -2.53. The van der Waals surface area contributed by atoms with Crippen LogP contribution < -0.4 is 15.6 Å². The van der Waals surface area contributed by atoms with Gasteiger partial charge in [0.25, 0.3) is 5.56 Å². The molecule has 1 aromatic carbocycles. The van der Waals surface area contributed by atoms with Gasteiger partial charge in [-0.2, -0.15) is 0 Å². The highest BCUT2D eigenvalue weighted by Gasteiger charge is 2.14.